The third-order valence-electron chi connectivity index (χ3n) is 5.01. The Balaban J connectivity index is 1.79. The van der Waals surface area contributed by atoms with Gasteiger partial charge in [0.2, 0.25) is 5.91 Å². The van der Waals surface area contributed by atoms with Crippen molar-refractivity contribution in [2.45, 2.75) is 24.9 Å². The number of para-hydroxylation sites is 1. The number of morpholine rings is 1. The number of carbonyl (C=O) groups is 1. The number of carbonyl (C=O) groups excluding carboxylic acids is 1. The molecule has 1 aromatic carbocycles. The third-order valence-corrected chi connectivity index (χ3v) is 5.01. The second-order valence-electron chi connectivity index (χ2n) is 5.95. The predicted molar refractivity (Wildman–Crippen MR) is 74.2 cm³/mol. The molecule has 4 aliphatic heterocycles. The van der Waals surface area contributed by atoms with Crippen LogP contribution in [-0.4, -0.2) is 36.6 Å². The van der Waals surface area contributed by atoms with Gasteiger partial charge in [-0.1, -0.05) is 18.2 Å². The van der Waals surface area contributed by atoms with Gasteiger partial charge in [0.25, 0.3) is 0 Å². The van der Waals surface area contributed by atoms with Crippen LogP contribution in [0.25, 0.3) is 0 Å². The summed E-state index contributed by atoms with van der Waals surface area (Å²) in [4.78, 5) is 17.0. The smallest absolute Gasteiger partial charge is 0.234 e. The fraction of sp³-hybridized carbons (Fsp3) is 0.438. The van der Waals surface area contributed by atoms with Crippen molar-refractivity contribution in [2.24, 2.45) is 0 Å². The highest BCUT2D eigenvalue weighted by molar-refractivity contribution is 6.02. The largest absolute Gasteiger partial charge is 0.370 e. The minimum absolute atomic E-state index is 0.0142. The molecule has 0 spiro atoms. The number of rotatable bonds is 0. The van der Waals surface area contributed by atoms with Crippen molar-refractivity contribution in [3.05, 3.63) is 41.2 Å². The molecule has 5 rings (SSSR count). The molecule has 2 unspecified atom stereocenters. The summed E-state index contributed by atoms with van der Waals surface area (Å²) in [6.45, 7) is 2.78. The fourth-order valence-corrected chi connectivity index (χ4v) is 4.23. The molecule has 0 radical (unpaired) electrons. The average molecular weight is 268 g/mol. The van der Waals surface area contributed by atoms with Crippen molar-refractivity contribution in [3.8, 4) is 0 Å². The van der Waals surface area contributed by atoms with E-state index in [9.17, 15) is 4.79 Å². The molecule has 1 amide bonds. The molecule has 20 heavy (non-hydrogen) atoms. The predicted octanol–water partition coefficient (Wildman–Crippen LogP) is 1.84. The van der Waals surface area contributed by atoms with Crippen molar-refractivity contribution in [2.75, 3.05) is 24.6 Å². The topological polar surface area (TPSA) is 32.8 Å². The van der Waals surface area contributed by atoms with Gasteiger partial charge in [0.15, 0.2) is 0 Å². The van der Waals surface area contributed by atoms with Crippen molar-refractivity contribution in [3.63, 3.8) is 0 Å². The maximum absolute atomic E-state index is 12.6. The molecule has 0 saturated carbocycles. The number of fused-ring (bicyclic) bond motifs is 3. The van der Waals surface area contributed by atoms with Gasteiger partial charge in [0, 0.05) is 19.0 Å². The van der Waals surface area contributed by atoms with E-state index in [2.05, 4.69) is 23.1 Å². The highest BCUT2D eigenvalue weighted by Crippen LogP contribution is 2.52. The lowest BCUT2D eigenvalue weighted by Gasteiger charge is -2.46. The molecule has 1 aromatic rings. The number of amides is 1. The van der Waals surface area contributed by atoms with Gasteiger partial charge < -0.3 is 9.64 Å². The molecule has 0 aliphatic carbocycles. The van der Waals surface area contributed by atoms with E-state index in [1.807, 2.05) is 11.0 Å². The van der Waals surface area contributed by atoms with Gasteiger partial charge in [-0.3, -0.25) is 9.69 Å². The van der Waals surface area contributed by atoms with Crippen LogP contribution >= 0.6 is 0 Å². The molecule has 4 heterocycles. The quantitative estimate of drug-likeness (QED) is 0.719. The number of hydrogen-bond donors (Lipinski definition) is 0. The molecule has 0 bridgehead atoms. The number of allylic oxidation sites excluding steroid dienone is 1. The van der Waals surface area contributed by atoms with E-state index in [0.717, 1.165) is 31.8 Å². The van der Waals surface area contributed by atoms with Crippen LogP contribution < -0.4 is 4.90 Å². The third kappa shape index (κ3) is 1.18. The van der Waals surface area contributed by atoms with Crippen molar-refractivity contribution in [1.82, 2.24) is 4.90 Å². The van der Waals surface area contributed by atoms with E-state index in [4.69, 9.17) is 4.74 Å². The fourth-order valence-electron chi connectivity index (χ4n) is 4.23. The van der Waals surface area contributed by atoms with E-state index >= 15 is 0 Å². The zero-order valence-electron chi connectivity index (χ0n) is 11.2. The lowest BCUT2D eigenvalue weighted by Crippen LogP contribution is -2.51. The molecule has 4 aliphatic rings. The van der Waals surface area contributed by atoms with Crippen LogP contribution in [0.3, 0.4) is 0 Å². The Morgan fingerprint density at radius 1 is 1.15 bits per heavy atom. The lowest BCUT2D eigenvalue weighted by molar-refractivity contribution is -0.123. The highest BCUT2D eigenvalue weighted by Gasteiger charge is 2.49. The summed E-state index contributed by atoms with van der Waals surface area (Å²) in [7, 11) is 0. The van der Waals surface area contributed by atoms with Gasteiger partial charge in [-0.25, -0.2) is 0 Å². The Bertz CT molecular complexity index is 652. The minimum atomic E-state index is -0.0142. The normalized spacial score (nSPS) is 30.5. The van der Waals surface area contributed by atoms with Gasteiger partial charge >= 0.3 is 0 Å². The summed E-state index contributed by atoms with van der Waals surface area (Å²) in [5, 5.41) is 0. The van der Waals surface area contributed by atoms with Crippen molar-refractivity contribution in [1.29, 1.82) is 0 Å². The second kappa shape index (κ2) is 3.64. The summed E-state index contributed by atoms with van der Waals surface area (Å²) in [5.74, 6) is 0.568. The number of anilines is 1. The van der Waals surface area contributed by atoms with E-state index in [-0.39, 0.29) is 12.0 Å². The van der Waals surface area contributed by atoms with Crippen LogP contribution in [0.1, 0.15) is 24.3 Å². The number of hydrogen-bond acceptors (Lipinski definition) is 3. The number of ether oxygens (including phenoxy) is 1. The second-order valence-corrected chi connectivity index (χ2v) is 5.95. The number of nitrogens with zero attached hydrogens (tertiary/aromatic N) is 2. The van der Waals surface area contributed by atoms with Crippen LogP contribution in [0, 0.1) is 0 Å². The molecular formula is C16H16N2O2. The maximum atomic E-state index is 12.6. The first kappa shape index (κ1) is 10.9. The molecule has 1 fully saturated rings. The van der Waals surface area contributed by atoms with Crippen LogP contribution in [0.4, 0.5) is 5.69 Å². The minimum Gasteiger partial charge on any atom is -0.370 e. The van der Waals surface area contributed by atoms with Crippen LogP contribution in [0.2, 0.25) is 0 Å². The van der Waals surface area contributed by atoms with Crippen molar-refractivity contribution < 1.29 is 9.53 Å². The van der Waals surface area contributed by atoms with Gasteiger partial charge in [0.1, 0.15) is 6.10 Å². The molecule has 2 atom stereocenters. The van der Waals surface area contributed by atoms with Crippen LogP contribution in [0.5, 0.6) is 0 Å². The van der Waals surface area contributed by atoms with Gasteiger partial charge in [0.05, 0.1) is 30.1 Å². The highest BCUT2D eigenvalue weighted by atomic mass is 16.5. The monoisotopic (exact) mass is 268 g/mol. The molecule has 0 N–H and O–H groups in total. The number of benzene rings is 1. The first-order chi connectivity index (χ1) is 9.84. The van der Waals surface area contributed by atoms with Gasteiger partial charge in [-0.15, -0.1) is 0 Å². The Kier molecular flexibility index (Phi) is 1.99. The Morgan fingerprint density at radius 2 is 2.05 bits per heavy atom. The first-order valence-corrected chi connectivity index (χ1v) is 7.37. The lowest BCUT2D eigenvalue weighted by atomic mass is 9.87. The maximum Gasteiger partial charge on any atom is 0.234 e. The zero-order chi connectivity index (χ0) is 13.3. The molecule has 4 nitrogen and oxygen atoms in total. The zero-order valence-corrected chi connectivity index (χ0v) is 11.2. The molecular weight excluding hydrogens is 252 g/mol. The molecule has 4 heteroatoms. The summed E-state index contributed by atoms with van der Waals surface area (Å²) in [6, 6.07) is 8.35. The molecule has 0 aromatic heterocycles. The molecule has 102 valence electrons. The van der Waals surface area contributed by atoms with E-state index in [0.29, 0.717) is 12.3 Å². The van der Waals surface area contributed by atoms with Crippen LogP contribution in [0.15, 0.2) is 35.7 Å². The summed E-state index contributed by atoms with van der Waals surface area (Å²) >= 11 is 0. The Hall–Kier alpha value is -1.81. The van der Waals surface area contributed by atoms with Gasteiger partial charge in [-0.2, -0.15) is 0 Å². The summed E-state index contributed by atoms with van der Waals surface area (Å²) in [6.07, 6.45) is 1.57. The standard InChI is InChI=1S/C16H16N2O2/c19-14-9-13-16-15-11(5-6-17(16)7-8-20-13)10-3-1-2-4-12(10)18(14)15/h1-4,11,13H,5-9H2. The summed E-state index contributed by atoms with van der Waals surface area (Å²) < 4.78 is 5.86. The van der Waals surface area contributed by atoms with E-state index in [1.54, 1.807) is 0 Å². The SMILES string of the molecule is O=C1CC2OCCN3CCC4C(=C23)N1c1ccccc14. The summed E-state index contributed by atoms with van der Waals surface area (Å²) in [5.41, 5.74) is 4.90. The Morgan fingerprint density at radius 3 is 3.00 bits per heavy atom. The van der Waals surface area contributed by atoms with E-state index in [1.165, 1.54) is 17.0 Å². The molecule has 1 saturated heterocycles. The van der Waals surface area contributed by atoms with Crippen LogP contribution in [-0.2, 0) is 9.53 Å². The Labute approximate surface area is 117 Å². The van der Waals surface area contributed by atoms with Crippen molar-refractivity contribution >= 4 is 11.6 Å². The van der Waals surface area contributed by atoms with E-state index < -0.39 is 0 Å². The first-order valence-electron chi connectivity index (χ1n) is 7.37. The van der Waals surface area contributed by atoms with Gasteiger partial charge in [-0.05, 0) is 18.1 Å². The average Bonchev–Trinajstić information content (AvgIpc) is 2.82.